The summed E-state index contributed by atoms with van der Waals surface area (Å²) in [4.78, 5) is 51.0. The predicted molar refractivity (Wildman–Crippen MR) is 87.6 cm³/mol. The molecule has 2 aliphatic heterocycles. The number of carbonyl (C=O) groups excluding carboxylic acids is 3. The molecule has 0 bridgehead atoms. The lowest BCUT2D eigenvalue weighted by molar-refractivity contribution is -0.149. The quantitative estimate of drug-likeness (QED) is 0.734. The van der Waals surface area contributed by atoms with Crippen LogP contribution in [-0.2, 0) is 14.4 Å². The number of nitrogens with one attached hydrogen (secondary N) is 1. The first-order chi connectivity index (χ1) is 11.9. The molecular weight excluding hydrogens is 326 g/mol. The molecule has 0 aromatic rings. The van der Waals surface area contributed by atoms with Gasteiger partial charge in [-0.3, -0.25) is 14.5 Å². The van der Waals surface area contributed by atoms with Crippen LogP contribution in [-0.4, -0.2) is 63.4 Å². The summed E-state index contributed by atoms with van der Waals surface area (Å²) < 4.78 is 0. The second-order valence-electron chi connectivity index (χ2n) is 7.34. The van der Waals surface area contributed by atoms with Crippen LogP contribution in [0.5, 0.6) is 0 Å². The van der Waals surface area contributed by atoms with Crippen molar-refractivity contribution in [3.05, 3.63) is 0 Å². The Morgan fingerprint density at radius 1 is 1.24 bits per heavy atom. The smallest absolute Gasteiger partial charge is 0.326 e. The highest BCUT2D eigenvalue weighted by Crippen LogP contribution is 2.37. The van der Waals surface area contributed by atoms with Crippen molar-refractivity contribution in [1.82, 2.24) is 15.1 Å². The molecule has 2 heterocycles. The minimum absolute atomic E-state index is 0.341. The van der Waals surface area contributed by atoms with Gasteiger partial charge in [0.1, 0.15) is 18.1 Å². The molecule has 8 nitrogen and oxygen atoms in total. The van der Waals surface area contributed by atoms with Gasteiger partial charge < -0.3 is 15.3 Å². The summed E-state index contributed by atoms with van der Waals surface area (Å²) >= 11 is 0. The molecule has 3 rings (SSSR count). The van der Waals surface area contributed by atoms with Crippen molar-refractivity contribution in [2.45, 2.75) is 63.5 Å². The summed E-state index contributed by atoms with van der Waals surface area (Å²) in [6, 6.07) is -1.40. The molecule has 2 saturated heterocycles. The zero-order valence-electron chi connectivity index (χ0n) is 14.5. The second-order valence-corrected chi connectivity index (χ2v) is 7.34. The maximum atomic E-state index is 12.8. The van der Waals surface area contributed by atoms with Gasteiger partial charge in [-0.25, -0.2) is 9.59 Å². The summed E-state index contributed by atoms with van der Waals surface area (Å²) in [6.45, 7) is 2.09. The van der Waals surface area contributed by atoms with Gasteiger partial charge in [-0.15, -0.1) is 0 Å². The molecule has 1 spiro atoms. The summed E-state index contributed by atoms with van der Waals surface area (Å²) in [5.41, 5.74) is -0.875. The van der Waals surface area contributed by atoms with Crippen LogP contribution in [0.15, 0.2) is 0 Å². The minimum atomic E-state index is -1.04. The van der Waals surface area contributed by atoms with Crippen molar-refractivity contribution >= 4 is 23.8 Å². The molecule has 1 atom stereocenters. The lowest BCUT2D eigenvalue weighted by atomic mass is 9.75. The number of carbonyl (C=O) groups is 4. The van der Waals surface area contributed by atoms with Crippen LogP contribution in [0.3, 0.4) is 0 Å². The Labute approximate surface area is 146 Å². The van der Waals surface area contributed by atoms with E-state index in [1.807, 2.05) is 0 Å². The molecule has 8 heteroatoms. The van der Waals surface area contributed by atoms with E-state index in [4.69, 9.17) is 0 Å². The van der Waals surface area contributed by atoms with Crippen LogP contribution >= 0.6 is 0 Å². The molecule has 4 amide bonds. The third-order valence-electron chi connectivity index (χ3n) is 5.93. The van der Waals surface area contributed by atoms with Crippen LogP contribution in [0.1, 0.15) is 51.9 Å². The van der Waals surface area contributed by atoms with Gasteiger partial charge in [-0.2, -0.15) is 0 Å². The summed E-state index contributed by atoms with van der Waals surface area (Å²) in [6.07, 6.45) is 5.06. The first-order valence-electron chi connectivity index (χ1n) is 9.04. The molecule has 2 N–H and O–H groups in total. The number of likely N-dealkylation sites (tertiary alicyclic amines) is 1. The van der Waals surface area contributed by atoms with Gasteiger partial charge in [0.15, 0.2) is 0 Å². The fourth-order valence-electron chi connectivity index (χ4n) is 4.29. The standard InChI is InChI=1S/C17H25N3O5/c1-2-11-5-7-17(8-6-11)15(24)20(16(25)18-17)10-13(21)19-9-3-4-12(19)14(22)23/h11-12H,2-10H2,1H3,(H,18,25)(H,22,23). The molecule has 1 saturated carbocycles. The lowest BCUT2D eigenvalue weighted by Crippen LogP contribution is -2.50. The van der Waals surface area contributed by atoms with Gasteiger partial charge in [0, 0.05) is 6.54 Å². The molecule has 138 valence electrons. The number of aliphatic carboxylic acids is 1. The summed E-state index contributed by atoms with van der Waals surface area (Å²) in [7, 11) is 0. The van der Waals surface area contributed by atoms with E-state index < -0.39 is 29.5 Å². The van der Waals surface area contributed by atoms with Gasteiger partial charge in [-0.05, 0) is 44.4 Å². The highest BCUT2D eigenvalue weighted by molar-refractivity contribution is 6.09. The molecule has 0 aromatic carbocycles. The number of nitrogens with zero attached hydrogens (tertiary/aromatic N) is 2. The minimum Gasteiger partial charge on any atom is -0.480 e. The third kappa shape index (κ3) is 3.09. The van der Waals surface area contributed by atoms with Crippen molar-refractivity contribution in [2.24, 2.45) is 5.92 Å². The highest BCUT2D eigenvalue weighted by atomic mass is 16.4. The maximum Gasteiger partial charge on any atom is 0.326 e. The maximum absolute atomic E-state index is 12.8. The zero-order chi connectivity index (χ0) is 18.2. The van der Waals surface area contributed by atoms with Crippen LogP contribution < -0.4 is 5.32 Å². The van der Waals surface area contributed by atoms with Crippen molar-refractivity contribution in [3.8, 4) is 0 Å². The monoisotopic (exact) mass is 351 g/mol. The normalized spacial score (nSPS) is 32.4. The first-order valence-corrected chi connectivity index (χ1v) is 9.04. The van der Waals surface area contributed by atoms with Gasteiger partial charge in [0.2, 0.25) is 5.91 Å². The second kappa shape index (κ2) is 6.65. The van der Waals surface area contributed by atoms with Crippen molar-refractivity contribution in [2.75, 3.05) is 13.1 Å². The Kier molecular flexibility index (Phi) is 4.71. The van der Waals surface area contributed by atoms with Gasteiger partial charge in [0.05, 0.1) is 0 Å². The SMILES string of the molecule is CCC1CCC2(CC1)NC(=O)N(CC(=O)N1CCCC1C(=O)O)C2=O. The molecule has 0 radical (unpaired) electrons. The number of amides is 4. The Morgan fingerprint density at radius 3 is 2.52 bits per heavy atom. The fourth-order valence-corrected chi connectivity index (χ4v) is 4.29. The first kappa shape index (κ1) is 17.7. The summed E-state index contributed by atoms with van der Waals surface area (Å²) in [5.74, 6) is -1.29. The van der Waals surface area contributed by atoms with Crippen LogP contribution in [0.25, 0.3) is 0 Å². The lowest BCUT2D eigenvalue weighted by Gasteiger charge is -2.34. The number of hydrogen-bond acceptors (Lipinski definition) is 4. The van der Waals surface area contributed by atoms with Crippen LogP contribution in [0.4, 0.5) is 4.79 Å². The van der Waals surface area contributed by atoms with E-state index in [1.54, 1.807) is 0 Å². The molecule has 25 heavy (non-hydrogen) atoms. The van der Waals surface area contributed by atoms with Crippen molar-refractivity contribution in [1.29, 1.82) is 0 Å². The van der Waals surface area contributed by atoms with E-state index in [9.17, 15) is 24.3 Å². The van der Waals surface area contributed by atoms with Crippen LogP contribution in [0, 0.1) is 5.92 Å². The molecular formula is C17H25N3O5. The Hall–Kier alpha value is -2.12. The van der Waals surface area contributed by atoms with E-state index in [0.29, 0.717) is 38.1 Å². The zero-order valence-corrected chi connectivity index (χ0v) is 14.5. The van der Waals surface area contributed by atoms with Gasteiger partial charge >= 0.3 is 12.0 Å². The van der Waals surface area contributed by atoms with Gasteiger partial charge in [-0.1, -0.05) is 13.3 Å². The van der Waals surface area contributed by atoms with Gasteiger partial charge in [0.25, 0.3) is 5.91 Å². The van der Waals surface area contributed by atoms with Crippen molar-refractivity contribution < 1.29 is 24.3 Å². The van der Waals surface area contributed by atoms with Crippen molar-refractivity contribution in [3.63, 3.8) is 0 Å². The Balaban J connectivity index is 1.67. The Bertz CT molecular complexity index is 597. The highest BCUT2D eigenvalue weighted by Gasteiger charge is 2.53. The van der Waals surface area contributed by atoms with Crippen LogP contribution in [0.2, 0.25) is 0 Å². The average molecular weight is 351 g/mol. The average Bonchev–Trinajstić information content (AvgIpc) is 3.16. The number of carboxylic acids is 1. The molecule has 3 aliphatic rings. The predicted octanol–water partition coefficient (Wildman–Crippen LogP) is 0.953. The van der Waals surface area contributed by atoms with E-state index in [-0.39, 0.29) is 12.5 Å². The summed E-state index contributed by atoms with van der Waals surface area (Å²) in [5, 5.41) is 12.0. The van der Waals surface area contributed by atoms with E-state index in [1.165, 1.54) is 4.90 Å². The molecule has 1 unspecified atom stereocenters. The van der Waals surface area contributed by atoms with E-state index in [0.717, 1.165) is 24.2 Å². The van der Waals surface area contributed by atoms with E-state index in [2.05, 4.69) is 12.2 Å². The third-order valence-corrected chi connectivity index (χ3v) is 5.93. The number of hydrogen-bond donors (Lipinski definition) is 2. The number of urea groups is 1. The molecule has 1 aliphatic carbocycles. The number of imide groups is 1. The molecule has 3 fully saturated rings. The topological polar surface area (TPSA) is 107 Å². The largest absolute Gasteiger partial charge is 0.480 e. The molecule has 0 aromatic heterocycles. The number of rotatable bonds is 4. The Morgan fingerprint density at radius 2 is 1.92 bits per heavy atom. The van der Waals surface area contributed by atoms with E-state index >= 15 is 0 Å². The fraction of sp³-hybridized carbons (Fsp3) is 0.765. The number of carboxylic acid groups (broad SMARTS) is 1.